The highest BCUT2D eigenvalue weighted by Crippen LogP contribution is 2.48. The van der Waals surface area contributed by atoms with Gasteiger partial charge in [-0.3, -0.25) is 0 Å². The zero-order valence-electron chi connectivity index (χ0n) is 21.0. The molecule has 5 heteroatoms. The summed E-state index contributed by atoms with van der Waals surface area (Å²) in [5.74, 6) is 1.39. The Labute approximate surface area is 206 Å². The second-order valence-electron chi connectivity index (χ2n) is 9.15. The zero-order chi connectivity index (χ0) is 25.4. The molecule has 0 heterocycles. The molecule has 5 nitrogen and oxygen atoms in total. The normalized spacial score (nSPS) is 10.9. The van der Waals surface area contributed by atoms with Crippen molar-refractivity contribution < 1.29 is 20.1 Å². The van der Waals surface area contributed by atoms with Crippen LogP contribution in [0.4, 0.5) is 17.1 Å². The first kappa shape index (κ1) is 24.0. The summed E-state index contributed by atoms with van der Waals surface area (Å²) in [6, 6.07) is 18.7. The van der Waals surface area contributed by atoms with E-state index in [1.54, 1.807) is 6.07 Å². The summed E-state index contributed by atoms with van der Waals surface area (Å²) in [7, 11) is 0. The molecule has 0 saturated heterocycles. The summed E-state index contributed by atoms with van der Waals surface area (Å²) in [5, 5.41) is 32.5. The maximum Gasteiger partial charge on any atom is 0.171 e. The van der Waals surface area contributed by atoms with Crippen molar-refractivity contribution in [2.75, 3.05) is 4.90 Å². The maximum atomic E-state index is 11.1. The Morgan fingerprint density at radius 3 is 1.54 bits per heavy atom. The SMILES string of the molecule is Cc1cc(C)c(Oc2ccc(N(c3c(C)ccc(C)c3O)c3c(C)ccc(C)c3O)cc2)c(O)c1. The van der Waals surface area contributed by atoms with Crippen molar-refractivity contribution in [3.05, 3.63) is 94.0 Å². The summed E-state index contributed by atoms with van der Waals surface area (Å²) in [6.07, 6.45) is 0. The number of nitrogens with zero attached hydrogens (tertiary/aromatic N) is 1. The molecule has 0 amide bonds. The number of hydrogen-bond donors (Lipinski definition) is 3. The molecule has 4 aromatic carbocycles. The molecule has 0 atom stereocenters. The third-order valence-electron chi connectivity index (χ3n) is 6.27. The van der Waals surface area contributed by atoms with Crippen LogP contribution in [0.15, 0.2) is 60.7 Å². The van der Waals surface area contributed by atoms with Gasteiger partial charge in [-0.15, -0.1) is 0 Å². The van der Waals surface area contributed by atoms with E-state index in [2.05, 4.69) is 0 Å². The van der Waals surface area contributed by atoms with Crippen molar-refractivity contribution in [2.45, 2.75) is 41.5 Å². The van der Waals surface area contributed by atoms with Crippen LogP contribution >= 0.6 is 0 Å². The van der Waals surface area contributed by atoms with Crippen LogP contribution in [0.25, 0.3) is 0 Å². The van der Waals surface area contributed by atoms with Crippen molar-refractivity contribution in [2.24, 2.45) is 0 Å². The molecule has 35 heavy (non-hydrogen) atoms. The molecular weight excluding hydrogens is 438 g/mol. The fourth-order valence-corrected chi connectivity index (χ4v) is 4.34. The molecule has 0 spiro atoms. The average Bonchev–Trinajstić information content (AvgIpc) is 2.81. The molecule has 0 unspecified atom stereocenters. The third-order valence-corrected chi connectivity index (χ3v) is 6.27. The van der Waals surface area contributed by atoms with Gasteiger partial charge in [-0.1, -0.05) is 30.3 Å². The Morgan fingerprint density at radius 2 is 1.06 bits per heavy atom. The van der Waals surface area contributed by atoms with Crippen molar-refractivity contribution in [3.63, 3.8) is 0 Å². The maximum absolute atomic E-state index is 11.1. The molecule has 180 valence electrons. The lowest BCUT2D eigenvalue weighted by Crippen LogP contribution is -2.14. The molecule has 4 rings (SSSR count). The van der Waals surface area contributed by atoms with Crippen molar-refractivity contribution in [3.8, 4) is 28.7 Å². The summed E-state index contributed by atoms with van der Waals surface area (Å²) < 4.78 is 6.01. The van der Waals surface area contributed by atoms with E-state index in [4.69, 9.17) is 4.74 Å². The quantitative estimate of drug-likeness (QED) is 0.277. The predicted octanol–water partition coefficient (Wildman–Crippen LogP) is 7.92. The summed E-state index contributed by atoms with van der Waals surface area (Å²) in [5.41, 5.74) is 6.98. The van der Waals surface area contributed by atoms with Gasteiger partial charge in [0.2, 0.25) is 0 Å². The lowest BCUT2D eigenvalue weighted by atomic mass is 10.0. The minimum absolute atomic E-state index is 0.0915. The molecule has 0 fully saturated rings. The lowest BCUT2D eigenvalue weighted by molar-refractivity contribution is 0.408. The van der Waals surface area contributed by atoms with Crippen LogP contribution in [-0.4, -0.2) is 15.3 Å². The Kier molecular flexibility index (Phi) is 6.35. The molecule has 0 aliphatic heterocycles. The Bertz CT molecular complexity index is 1330. The van der Waals surface area contributed by atoms with Crippen molar-refractivity contribution >= 4 is 17.1 Å². The first-order valence-corrected chi connectivity index (χ1v) is 11.5. The minimum Gasteiger partial charge on any atom is -0.505 e. The van der Waals surface area contributed by atoms with E-state index < -0.39 is 0 Å². The van der Waals surface area contributed by atoms with Crippen molar-refractivity contribution in [1.82, 2.24) is 0 Å². The van der Waals surface area contributed by atoms with Gasteiger partial charge in [-0.05, 0) is 105 Å². The monoisotopic (exact) mass is 469 g/mol. The molecule has 0 bridgehead atoms. The van der Waals surface area contributed by atoms with E-state index in [9.17, 15) is 15.3 Å². The molecular formula is C30H31NO4. The number of aromatic hydroxyl groups is 3. The number of ether oxygens (including phenoxy) is 1. The highest BCUT2D eigenvalue weighted by molar-refractivity contribution is 5.87. The van der Waals surface area contributed by atoms with Gasteiger partial charge in [-0.25, -0.2) is 0 Å². The summed E-state index contributed by atoms with van der Waals surface area (Å²) in [4.78, 5) is 1.88. The fourth-order valence-electron chi connectivity index (χ4n) is 4.34. The molecule has 4 aromatic rings. The summed E-state index contributed by atoms with van der Waals surface area (Å²) in [6.45, 7) is 11.4. The Morgan fingerprint density at radius 1 is 0.571 bits per heavy atom. The van der Waals surface area contributed by atoms with Crippen LogP contribution in [0.2, 0.25) is 0 Å². The molecule has 0 radical (unpaired) electrons. The predicted molar refractivity (Wildman–Crippen MR) is 141 cm³/mol. The number of phenols is 3. The third kappa shape index (κ3) is 4.50. The molecule has 0 aromatic heterocycles. The Hall–Kier alpha value is -4.12. The molecule has 3 N–H and O–H groups in total. The van der Waals surface area contributed by atoms with E-state index in [0.717, 1.165) is 39.1 Å². The topological polar surface area (TPSA) is 73.2 Å². The lowest BCUT2D eigenvalue weighted by Gasteiger charge is -2.30. The summed E-state index contributed by atoms with van der Waals surface area (Å²) >= 11 is 0. The van der Waals surface area contributed by atoms with Crippen LogP contribution in [0.1, 0.15) is 33.4 Å². The average molecular weight is 470 g/mol. The number of benzene rings is 4. The first-order valence-electron chi connectivity index (χ1n) is 11.5. The zero-order valence-corrected chi connectivity index (χ0v) is 21.0. The largest absolute Gasteiger partial charge is 0.505 e. The van der Waals surface area contributed by atoms with Gasteiger partial charge < -0.3 is 25.0 Å². The molecule has 0 aliphatic carbocycles. The van der Waals surface area contributed by atoms with E-state index in [1.165, 1.54) is 0 Å². The number of hydrogen-bond acceptors (Lipinski definition) is 5. The van der Waals surface area contributed by atoms with Gasteiger partial charge in [0, 0.05) is 5.69 Å². The van der Waals surface area contributed by atoms with Gasteiger partial charge >= 0.3 is 0 Å². The standard InChI is InChI=1S/C30H31NO4/c1-17-15-22(6)30(25(32)16-17)35-24-13-11-23(12-14-24)31(26-18(2)7-9-20(4)28(26)33)27-19(3)8-10-21(5)29(27)34/h7-16,32-34H,1-6H3. The second kappa shape index (κ2) is 9.26. The molecule has 0 saturated carbocycles. The Balaban J connectivity index is 1.85. The van der Waals surface area contributed by atoms with Gasteiger partial charge in [0.15, 0.2) is 11.5 Å². The van der Waals surface area contributed by atoms with Crippen LogP contribution < -0.4 is 9.64 Å². The van der Waals surface area contributed by atoms with E-state index in [1.807, 2.05) is 101 Å². The van der Waals surface area contributed by atoms with E-state index >= 15 is 0 Å². The minimum atomic E-state index is 0.0915. The number of anilines is 3. The van der Waals surface area contributed by atoms with Crippen LogP contribution in [0.3, 0.4) is 0 Å². The van der Waals surface area contributed by atoms with Crippen LogP contribution in [-0.2, 0) is 0 Å². The molecule has 0 aliphatic rings. The van der Waals surface area contributed by atoms with Gasteiger partial charge in [-0.2, -0.15) is 0 Å². The number of aryl methyl sites for hydroxylation is 6. The van der Waals surface area contributed by atoms with Crippen LogP contribution in [0.5, 0.6) is 28.7 Å². The van der Waals surface area contributed by atoms with Crippen molar-refractivity contribution in [1.29, 1.82) is 0 Å². The van der Waals surface area contributed by atoms with Gasteiger partial charge in [0.05, 0.1) is 11.4 Å². The van der Waals surface area contributed by atoms with Crippen LogP contribution in [0, 0.1) is 41.5 Å². The first-order chi connectivity index (χ1) is 16.6. The smallest absolute Gasteiger partial charge is 0.171 e. The highest BCUT2D eigenvalue weighted by Gasteiger charge is 2.24. The van der Waals surface area contributed by atoms with E-state index in [0.29, 0.717) is 22.9 Å². The number of rotatable bonds is 5. The highest BCUT2D eigenvalue weighted by atomic mass is 16.5. The second-order valence-corrected chi connectivity index (χ2v) is 9.15. The fraction of sp³-hybridized carbons (Fsp3) is 0.200. The van der Waals surface area contributed by atoms with Gasteiger partial charge in [0.1, 0.15) is 17.2 Å². The number of phenolic OH excluding ortho intramolecular Hbond substituents is 3. The van der Waals surface area contributed by atoms with Gasteiger partial charge in [0.25, 0.3) is 0 Å². The van der Waals surface area contributed by atoms with E-state index in [-0.39, 0.29) is 17.2 Å².